The van der Waals surface area contributed by atoms with Crippen molar-refractivity contribution in [2.24, 2.45) is 7.05 Å². The minimum atomic E-state index is 0.631. The molecule has 0 bridgehead atoms. The molecule has 2 heterocycles. The second-order valence-corrected chi connectivity index (χ2v) is 5.41. The van der Waals surface area contributed by atoms with E-state index in [1.54, 1.807) is 0 Å². The summed E-state index contributed by atoms with van der Waals surface area (Å²) in [5, 5.41) is 7.91. The van der Waals surface area contributed by atoms with Crippen molar-refractivity contribution in [2.75, 3.05) is 6.54 Å². The molecule has 1 atom stereocenters. The largest absolute Gasteiger partial charge is 0.314 e. The van der Waals surface area contributed by atoms with E-state index in [4.69, 9.17) is 0 Å². The maximum absolute atomic E-state index is 4.28. The lowest BCUT2D eigenvalue weighted by Crippen LogP contribution is -2.35. The van der Waals surface area contributed by atoms with Gasteiger partial charge in [0.25, 0.3) is 0 Å². The van der Waals surface area contributed by atoms with Crippen LogP contribution in [0.5, 0.6) is 0 Å². The minimum Gasteiger partial charge on any atom is -0.314 e. The number of hydrogen-bond acceptors (Lipinski definition) is 2. The lowest BCUT2D eigenvalue weighted by Gasteiger charge is -2.24. The first-order valence-electron chi connectivity index (χ1n) is 7.13. The molecule has 0 radical (unpaired) electrons. The van der Waals surface area contributed by atoms with Crippen LogP contribution in [-0.4, -0.2) is 22.4 Å². The average Bonchev–Trinajstić information content (AvgIpc) is 2.87. The standard InChI is InChI=1S/C16H21N3/c1-19-12-14(11-18-19)16-8-3-2-6-13(16)10-15-7-4-5-9-17-15/h2-3,6,8,11-12,15,17H,4-5,7,9-10H2,1H3. The number of aryl methyl sites for hydroxylation is 1. The van der Waals surface area contributed by atoms with E-state index in [1.165, 1.54) is 42.5 Å². The van der Waals surface area contributed by atoms with E-state index < -0.39 is 0 Å². The fraction of sp³-hybridized carbons (Fsp3) is 0.438. The van der Waals surface area contributed by atoms with Crippen molar-refractivity contribution in [3.63, 3.8) is 0 Å². The Morgan fingerprint density at radius 2 is 2.21 bits per heavy atom. The second-order valence-electron chi connectivity index (χ2n) is 5.41. The molecule has 1 saturated heterocycles. The number of nitrogens with zero attached hydrogens (tertiary/aromatic N) is 2. The lowest BCUT2D eigenvalue weighted by atomic mass is 9.93. The summed E-state index contributed by atoms with van der Waals surface area (Å²) in [6, 6.07) is 9.33. The van der Waals surface area contributed by atoms with E-state index in [9.17, 15) is 0 Å². The molecule has 0 spiro atoms. The summed E-state index contributed by atoms with van der Waals surface area (Å²) in [5.74, 6) is 0. The molecule has 19 heavy (non-hydrogen) atoms. The van der Waals surface area contributed by atoms with Crippen LogP contribution in [0.15, 0.2) is 36.7 Å². The van der Waals surface area contributed by atoms with Crippen molar-refractivity contribution >= 4 is 0 Å². The SMILES string of the molecule is Cn1cc(-c2ccccc2CC2CCCCN2)cn1. The Balaban J connectivity index is 1.84. The van der Waals surface area contributed by atoms with Crippen LogP contribution in [-0.2, 0) is 13.5 Å². The molecule has 1 aromatic carbocycles. The van der Waals surface area contributed by atoms with Crippen molar-refractivity contribution in [2.45, 2.75) is 31.7 Å². The number of nitrogens with one attached hydrogen (secondary N) is 1. The molecular weight excluding hydrogens is 234 g/mol. The van der Waals surface area contributed by atoms with Gasteiger partial charge >= 0.3 is 0 Å². The van der Waals surface area contributed by atoms with Crippen molar-refractivity contribution in [3.05, 3.63) is 42.2 Å². The van der Waals surface area contributed by atoms with Gasteiger partial charge in [-0.3, -0.25) is 4.68 Å². The molecule has 1 unspecified atom stereocenters. The van der Waals surface area contributed by atoms with Crippen LogP contribution < -0.4 is 5.32 Å². The summed E-state index contributed by atoms with van der Waals surface area (Å²) < 4.78 is 1.87. The lowest BCUT2D eigenvalue weighted by molar-refractivity contribution is 0.399. The maximum Gasteiger partial charge on any atom is 0.0568 e. The summed E-state index contributed by atoms with van der Waals surface area (Å²) in [6.07, 6.45) is 9.13. The normalized spacial score (nSPS) is 19.5. The molecule has 3 nitrogen and oxygen atoms in total. The van der Waals surface area contributed by atoms with Crippen molar-refractivity contribution in [1.82, 2.24) is 15.1 Å². The molecule has 1 aliphatic rings. The summed E-state index contributed by atoms with van der Waals surface area (Å²) in [5.41, 5.74) is 3.96. The predicted molar refractivity (Wildman–Crippen MR) is 78.0 cm³/mol. The zero-order chi connectivity index (χ0) is 13.1. The van der Waals surface area contributed by atoms with Gasteiger partial charge in [-0.25, -0.2) is 0 Å². The van der Waals surface area contributed by atoms with E-state index >= 15 is 0 Å². The molecule has 100 valence electrons. The van der Waals surface area contributed by atoms with Gasteiger partial charge in [0, 0.05) is 24.8 Å². The molecule has 3 rings (SSSR count). The van der Waals surface area contributed by atoms with Gasteiger partial charge in [0.05, 0.1) is 6.20 Å². The number of piperidine rings is 1. The first-order chi connectivity index (χ1) is 9.33. The predicted octanol–water partition coefficient (Wildman–Crippen LogP) is 2.77. The molecule has 0 amide bonds. The van der Waals surface area contributed by atoms with Crippen LogP contribution in [0.4, 0.5) is 0 Å². The van der Waals surface area contributed by atoms with E-state index in [0.717, 1.165) is 6.42 Å². The van der Waals surface area contributed by atoms with Crippen LogP contribution in [0, 0.1) is 0 Å². The fourth-order valence-corrected chi connectivity index (χ4v) is 2.90. The summed E-state index contributed by atoms with van der Waals surface area (Å²) >= 11 is 0. The molecule has 0 saturated carbocycles. The van der Waals surface area contributed by atoms with Gasteiger partial charge < -0.3 is 5.32 Å². The first-order valence-corrected chi connectivity index (χ1v) is 7.13. The van der Waals surface area contributed by atoms with Crippen LogP contribution in [0.1, 0.15) is 24.8 Å². The highest BCUT2D eigenvalue weighted by molar-refractivity contribution is 5.66. The Morgan fingerprint density at radius 1 is 1.32 bits per heavy atom. The Bertz CT molecular complexity index is 538. The minimum absolute atomic E-state index is 0.631. The fourth-order valence-electron chi connectivity index (χ4n) is 2.90. The van der Waals surface area contributed by atoms with Crippen LogP contribution in [0.3, 0.4) is 0 Å². The molecule has 1 N–H and O–H groups in total. The monoisotopic (exact) mass is 255 g/mol. The highest BCUT2D eigenvalue weighted by atomic mass is 15.2. The van der Waals surface area contributed by atoms with Gasteiger partial charge in [0.2, 0.25) is 0 Å². The zero-order valence-electron chi connectivity index (χ0n) is 11.5. The second kappa shape index (κ2) is 5.57. The smallest absolute Gasteiger partial charge is 0.0568 e. The Hall–Kier alpha value is -1.61. The Labute approximate surface area is 114 Å². The van der Waals surface area contributed by atoms with Crippen LogP contribution >= 0.6 is 0 Å². The van der Waals surface area contributed by atoms with E-state index in [2.05, 4.69) is 40.9 Å². The molecule has 0 aliphatic carbocycles. The van der Waals surface area contributed by atoms with Crippen molar-refractivity contribution < 1.29 is 0 Å². The van der Waals surface area contributed by atoms with E-state index in [0.29, 0.717) is 6.04 Å². The highest BCUT2D eigenvalue weighted by Crippen LogP contribution is 2.25. The van der Waals surface area contributed by atoms with Gasteiger partial charge in [-0.2, -0.15) is 5.10 Å². The third kappa shape index (κ3) is 2.87. The molecular formula is C16H21N3. The number of aromatic nitrogens is 2. The van der Waals surface area contributed by atoms with Gasteiger partial charge in [-0.05, 0) is 36.9 Å². The van der Waals surface area contributed by atoms with Crippen LogP contribution in [0.2, 0.25) is 0 Å². The average molecular weight is 255 g/mol. The third-order valence-electron chi connectivity index (χ3n) is 3.91. The van der Waals surface area contributed by atoms with Crippen molar-refractivity contribution in [3.8, 4) is 11.1 Å². The number of benzene rings is 1. The first kappa shape index (κ1) is 12.4. The van der Waals surface area contributed by atoms with Crippen LogP contribution in [0.25, 0.3) is 11.1 Å². The summed E-state index contributed by atoms with van der Waals surface area (Å²) in [4.78, 5) is 0. The Kier molecular flexibility index (Phi) is 3.65. The van der Waals surface area contributed by atoms with Gasteiger partial charge in [-0.15, -0.1) is 0 Å². The molecule has 2 aromatic rings. The van der Waals surface area contributed by atoms with E-state index in [1.807, 2.05) is 17.9 Å². The van der Waals surface area contributed by atoms with Gasteiger partial charge in [-0.1, -0.05) is 30.7 Å². The van der Waals surface area contributed by atoms with Crippen molar-refractivity contribution in [1.29, 1.82) is 0 Å². The molecule has 1 aromatic heterocycles. The van der Waals surface area contributed by atoms with Gasteiger partial charge in [0.1, 0.15) is 0 Å². The Morgan fingerprint density at radius 3 is 2.95 bits per heavy atom. The quantitative estimate of drug-likeness (QED) is 0.914. The maximum atomic E-state index is 4.28. The number of hydrogen-bond donors (Lipinski definition) is 1. The third-order valence-corrected chi connectivity index (χ3v) is 3.91. The molecule has 1 fully saturated rings. The number of rotatable bonds is 3. The molecule has 1 aliphatic heterocycles. The summed E-state index contributed by atoms with van der Waals surface area (Å²) in [6.45, 7) is 1.17. The highest BCUT2D eigenvalue weighted by Gasteiger charge is 2.15. The molecule has 3 heteroatoms. The zero-order valence-corrected chi connectivity index (χ0v) is 11.5. The van der Waals surface area contributed by atoms with Gasteiger partial charge in [0.15, 0.2) is 0 Å². The van der Waals surface area contributed by atoms with E-state index in [-0.39, 0.29) is 0 Å². The topological polar surface area (TPSA) is 29.9 Å². The summed E-state index contributed by atoms with van der Waals surface area (Å²) in [7, 11) is 1.97.